The summed E-state index contributed by atoms with van der Waals surface area (Å²) in [5, 5.41) is 8.99. The molecule has 3 N–H and O–H groups in total. The van der Waals surface area contributed by atoms with Crippen LogP contribution in [-0.2, 0) is 19.1 Å². The summed E-state index contributed by atoms with van der Waals surface area (Å²) in [6.45, 7) is 4.42. The molecule has 1 aliphatic carbocycles. The summed E-state index contributed by atoms with van der Waals surface area (Å²) in [5.41, 5.74) is 0. The van der Waals surface area contributed by atoms with Crippen LogP contribution in [0.2, 0.25) is 0 Å². The first-order valence-electron chi connectivity index (χ1n) is 9.67. The molecule has 1 saturated carbocycles. The van der Waals surface area contributed by atoms with Crippen molar-refractivity contribution < 1.29 is 19.1 Å². The summed E-state index contributed by atoms with van der Waals surface area (Å²) in [5.74, 6) is 0.193. The van der Waals surface area contributed by atoms with E-state index in [0.29, 0.717) is 6.54 Å². The Bertz CT molecular complexity index is 531. The molecule has 3 aliphatic rings. The van der Waals surface area contributed by atoms with Gasteiger partial charge < -0.3 is 20.3 Å². The van der Waals surface area contributed by atoms with Gasteiger partial charge in [-0.15, -0.1) is 0 Å². The first kappa shape index (κ1) is 19.1. The highest BCUT2D eigenvalue weighted by Gasteiger charge is 2.38. The lowest BCUT2D eigenvalue weighted by atomic mass is 9.85. The van der Waals surface area contributed by atoms with Gasteiger partial charge in [0.1, 0.15) is 0 Å². The number of nitrogens with one attached hydrogen (secondary N) is 3. The van der Waals surface area contributed by atoms with E-state index < -0.39 is 6.35 Å². The van der Waals surface area contributed by atoms with E-state index in [9.17, 15) is 14.4 Å². The molecule has 3 unspecified atom stereocenters. The summed E-state index contributed by atoms with van der Waals surface area (Å²) in [7, 11) is 0. The molecule has 3 atom stereocenters. The molecular weight excluding hydrogens is 336 g/mol. The Labute approximate surface area is 154 Å². The first-order chi connectivity index (χ1) is 12.4. The lowest BCUT2D eigenvalue weighted by molar-refractivity contribution is -0.136. The summed E-state index contributed by atoms with van der Waals surface area (Å²) in [6.07, 6.45) is 4.64. The first-order valence-corrected chi connectivity index (χ1v) is 9.67. The second-order valence-electron chi connectivity index (χ2n) is 7.68. The van der Waals surface area contributed by atoms with Crippen LogP contribution in [0.1, 0.15) is 52.4 Å². The van der Waals surface area contributed by atoms with Crippen molar-refractivity contribution in [1.82, 2.24) is 20.9 Å². The van der Waals surface area contributed by atoms with Crippen LogP contribution < -0.4 is 16.0 Å². The fourth-order valence-electron chi connectivity index (χ4n) is 4.35. The highest BCUT2D eigenvalue weighted by atomic mass is 16.5. The van der Waals surface area contributed by atoms with Crippen molar-refractivity contribution in [2.24, 2.45) is 5.92 Å². The summed E-state index contributed by atoms with van der Waals surface area (Å²) < 4.78 is 5.86. The van der Waals surface area contributed by atoms with Gasteiger partial charge in [0.15, 0.2) is 6.35 Å². The zero-order chi connectivity index (χ0) is 18.7. The monoisotopic (exact) mass is 366 g/mol. The smallest absolute Gasteiger partial charge is 0.225 e. The van der Waals surface area contributed by atoms with Crippen molar-refractivity contribution in [1.29, 1.82) is 0 Å². The van der Waals surface area contributed by atoms with E-state index in [1.807, 2.05) is 4.90 Å². The second kappa shape index (κ2) is 8.35. The molecular formula is C18H30N4O4. The Hall–Kier alpha value is -1.67. The van der Waals surface area contributed by atoms with Gasteiger partial charge in [-0.3, -0.25) is 19.7 Å². The topological polar surface area (TPSA) is 99.8 Å². The number of hydrogen-bond acceptors (Lipinski definition) is 5. The van der Waals surface area contributed by atoms with Gasteiger partial charge in [0.05, 0.1) is 6.10 Å². The van der Waals surface area contributed by atoms with E-state index in [1.165, 1.54) is 13.8 Å². The van der Waals surface area contributed by atoms with Crippen LogP contribution >= 0.6 is 0 Å². The zero-order valence-corrected chi connectivity index (χ0v) is 15.6. The van der Waals surface area contributed by atoms with E-state index in [2.05, 4.69) is 16.0 Å². The Morgan fingerprint density at radius 1 is 0.923 bits per heavy atom. The second-order valence-corrected chi connectivity index (χ2v) is 7.68. The summed E-state index contributed by atoms with van der Waals surface area (Å²) in [6, 6.07) is 0.378. The Morgan fingerprint density at radius 2 is 1.58 bits per heavy atom. The minimum absolute atomic E-state index is 0.00361. The van der Waals surface area contributed by atoms with Gasteiger partial charge in [-0.25, -0.2) is 0 Å². The van der Waals surface area contributed by atoms with Gasteiger partial charge in [-0.2, -0.15) is 0 Å². The van der Waals surface area contributed by atoms with E-state index in [0.717, 1.165) is 45.1 Å². The van der Waals surface area contributed by atoms with Crippen molar-refractivity contribution in [2.45, 2.75) is 76.9 Å². The maximum atomic E-state index is 12.9. The largest absolute Gasteiger partial charge is 0.354 e. The third kappa shape index (κ3) is 4.73. The van der Waals surface area contributed by atoms with Crippen molar-refractivity contribution in [3.8, 4) is 0 Å². The third-order valence-corrected chi connectivity index (χ3v) is 5.65. The van der Waals surface area contributed by atoms with Crippen LogP contribution in [0.5, 0.6) is 0 Å². The number of likely N-dealkylation sites (tertiary alicyclic amines) is 1. The number of fused-ring (bicyclic) bond motifs is 1. The van der Waals surface area contributed by atoms with Gasteiger partial charge >= 0.3 is 0 Å². The fourth-order valence-corrected chi connectivity index (χ4v) is 4.35. The van der Waals surface area contributed by atoms with E-state index in [-0.39, 0.29) is 41.8 Å². The normalized spacial score (nSPS) is 34.5. The van der Waals surface area contributed by atoms with E-state index >= 15 is 0 Å². The molecule has 0 bridgehead atoms. The molecule has 3 fully saturated rings. The van der Waals surface area contributed by atoms with Crippen LogP contribution in [-0.4, -0.2) is 60.3 Å². The number of ether oxygens (including phenoxy) is 1. The summed E-state index contributed by atoms with van der Waals surface area (Å²) in [4.78, 5) is 37.2. The highest BCUT2D eigenvalue weighted by Crippen LogP contribution is 2.28. The molecule has 2 aliphatic heterocycles. The van der Waals surface area contributed by atoms with Crippen LogP contribution in [0.4, 0.5) is 0 Å². The van der Waals surface area contributed by atoms with Gasteiger partial charge in [0, 0.05) is 44.9 Å². The molecule has 0 spiro atoms. The van der Waals surface area contributed by atoms with Crippen molar-refractivity contribution >= 4 is 17.7 Å². The number of amides is 3. The van der Waals surface area contributed by atoms with E-state index in [1.54, 1.807) is 0 Å². The van der Waals surface area contributed by atoms with Gasteiger partial charge in [0.2, 0.25) is 17.7 Å². The van der Waals surface area contributed by atoms with Crippen molar-refractivity contribution in [3.05, 3.63) is 0 Å². The quantitative estimate of drug-likeness (QED) is 0.657. The van der Waals surface area contributed by atoms with Crippen LogP contribution in [0.3, 0.4) is 0 Å². The third-order valence-electron chi connectivity index (χ3n) is 5.65. The number of hydrogen-bond donors (Lipinski definition) is 3. The number of nitrogens with zero attached hydrogens (tertiary/aromatic N) is 1. The highest BCUT2D eigenvalue weighted by molar-refractivity contribution is 5.79. The fraction of sp³-hybridized carbons (Fsp3) is 0.833. The van der Waals surface area contributed by atoms with Gasteiger partial charge in [0.25, 0.3) is 0 Å². The molecule has 8 heteroatoms. The Kier molecular flexibility index (Phi) is 6.13. The molecule has 3 rings (SSSR count). The lowest BCUT2D eigenvalue weighted by Crippen LogP contribution is -2.45. The molecule has 0 radical (unpaired) electrons. The minimum Gasteiger partial charge on any atom is -0.354 e. The van der Waals surface area contributed by atoms with Crippen LogP contribution in [0.25, 0.3) is 0 Å². The van der Waals surface area contributed by atoms with Crippen LogP contribution in [0, 0.1) is 5.92 Å². The van der Waals surface area contributed by atoms with Gasteiger partial charge in [-0.05, 0) is 38.5 Å². The summed E-state index contributed by atoms with van der Waals surface area (Å²) >= 11 is 0. The predicted octanol–water partition coefficient (Wildman–Crippen LogP) is 0.0804. The SMILES string of the molecule is CC(=O)NC1CCC(C(=O)N2CCC3NC(NC(C)=O)OC3CC2)CC1. The molecule has 2 saturated heterocycles. The average Bonchev–Trinajstić information content (AvgIpc) is 2.84. The van der Waals surface area contributed by atoms with Crippen molar-refractivity contribution in [2.75, 3.05) is 13.1 Å². The predicted molar refractivity (Wildman–Crippen MR) is 94.8 cm³/mol. The molecule has 0 aromatic rings. The Morgan fingerprint density at radius 3 is 2.23 bits per heavy atom. The standard InChI is InChI=1S/C18H30N4O4/c1-11(23)19-14-5-3-13(4-6-14)17(25)22-9-7-15-16(8-10-22)26-18(21-15)20-12(2)24/h13-16,18,21H,3-10H2,1-2H3,(H,19,23)(H,20,24). The van der Waals surface area contributed by atoms with Gasteiger partial charge in [-0.1, -0.05) is 0 Å². The Balaban J connectivity index is 1.46. The number of rotatable bonds is 3. The molecule has 8 nitrogen and oxygen atoms in total. The molecule has 26 heavy (non-hydrogen) atoms. The number of carbonyl (C=O) groups is 3. The van der Waals surface area contributed by atoms with Crippen LogP contribution in [0.15, 0.2) is 0 Å². The van der Waals surface area contributed by atoms with Crippen molar-refractivity contribution in [3.63, 3.8) is 0 Å². The van der Waals surface area contributed by atoms with E-state index in [4.69, 9.17) is 4.74 Å². The molecule has 146 valence electrons. The molecule has 0 aromatic carbocycles. The lowest BCUT2D eigenvalue weighted by Gasteiger charge is -2.32. The average molecular weight is 366 g/mol. The molecule has 0 aromatic heterocycles. The number of carbonyl (C=O) groups excluding carboxylic acids is 3. The maximum Gasteiger partial charge on any atom is 0.225 e. The zero-order valence-electron chi connectivity index (χ0n) is 15.6. The molecule has 3 amide bonds. The molecule has 2 heterocycles. The minimum atomic E-state index is -0.422. The maximum absolute atomic E-state index is 12.9.